The van der Waals surface area contributed by atoms with Crippen LogP contribution in [0.1, 0.15) is 82.5 Å². The summed E-state index contributed by atoms with van der Waals surface area (Å²) in [5.41, 5.74) is 6.00. The first-order valence-corrected chi connectivity index (χ1v) is 7.33. The van der Waals surface area contributed by atoms with E-state index < -0.39 is 0 Å². The lowest BCUT2D eigenvalue weighted by molar-refractivity contribution is 0.300. The van der Waals surface area contributed by atoms with Gasteiger partial charge in [-0.1, -0.05) is 31.8 Å². The van der Waals surface area contributed by atoms with E-state index in [-0.39, 0.29) is 6.04 Å². The Morgan fingerprint density at radius 1 is 1.28 bits per heavy atom. The van der Waals surface area contributed by atoms with Gasteiger partial charge in [0.1, 0.15) is 0 Å². The van der Waals surface area contributed by atoms with Crippen LogP contribution in [0.3, 0.4) is 0 Å². The summed E-state index contributed by atoms with van der Waals surface area (Å²) >= 11 is 0. The van der Waals surface area contributed by atoms with Crippen molar-refractivity contribution in [1.82, 2.24) is 10.1 Å². The normalized spacial score (nSPS) is 26.2. The predicted molar refractivity (Wildman–Crippen MR) is 71.1 cm³/mol. The van der Waals surface area contributed by atoms with E-state index in [0.29, 0.717) is 11.8 Å². The lowest BCUT2D eigenvalue weighted by Crippen LogP contribution is -2.14. The molecular weight excluding hydrogens is 226 g/mol. The Labute approximate surface area is 109 Å². The molecule has 102 valence electrons. The van der Waals surface area contributed by atoms with Gasteiger partial charge in [0.05, 0.1) is 6.04 Å². The minimum absolute atomic E-state index is 0.0942. The molecule has 0 aliphatic heterocycles. The quantitative estimate of drug-likeness (QED) is 0.869. The number of nitrogens with zero attached hydrogens (tertiary/aromatic N) is 2. The highest BCUT2D eigenvalue weighted by molar-refractivity contribution is 4.99. The Morgan fingerprint density at radius 3 is 2.61 bits per heavy atom. The van der Waals surface area contributed by atoms with Crippen LogP contribution in [-0.4, -0.2) is 10.1 Å². The Morgan fingerprint density at radius 2 is 2.00 bits per heavy atom. The molecule has 18 heavy (non-hydrogen) atoms. The molecule has 1 heterocycles. The van der Waals surface area contributed by atoms with Crippen molar-refractivity contribution in [2.24, 2.45) is 11.7 Å². The maximum atomic E-state index is 6.00. The van der Waals surface area contributed by atoms with Crippen LogP contribution in [0.5, 0.6) is 0 Å². The summed E-state index contributed by atoms with van der Waals surface area (Å²) in [5, 5.41) is 4.13. The zero-order valence-electron chi connectivity index (χ0n) is 11.6. The van der Waals surface area contributed by atoms with Crippen LogP contribution in [-0.2, 0) is 0 Å². The maximum absolute atomic E-state index is 6.00. The van der Waals surface area contributed by atoms with Gasteiger partial charge in [-0.25, -0.2) is 0 Å². The minimum Gasteiger partial charge on any atom is -0.338 e. The summed E-state index contributed by atoms with van der Waals surface area (Å²) in [6, 6.07) is -0.0942. The summed E-state index contributed by atoms with van der Waals surface area (Å²) in [6.45, 7) is 4.39. The van der Waals surface area contributed by atoms with Crippen molar-refractivity contribution < 1.29 is 4.52 Å². The number of aromatic nitrogens is 2. The Balaban J connectivity index is 1.94. The van der Waals surface area contributed by atoms with E-state index in [2.05, 4.69) is 24.0 Å². The van der Waals surface area contributed by atoms with Crippen LogP contribution >= 0.6 is 0 Å². The van der Waals surface area contributed by atoms with Crippen molar-refractivity contribution in [2.75, 3.05) is 0 Å². The van der Waals surface area contributed by atoms with Gasteiger partial charge in [0, 0.05) is 5.92 Å². The molecule has 1 fully saturated rings. The van der Waals surface area contributed by atoms with Crippen molar-refractivity contribution in [3.05, 3.63) is 11.7 Å². The SMILES string of the molecule is CCC[C@@H](N)c1nc(C2CCC(CC)CC2)no1. The van der Waals surface area contributed by atoms with E-state index in [1.165, 1.54) is 32.1 Å². The van der Waals surface area contributed by atoms with Gasteiger partial charge in [0.25, 0.3) is 0 Å². The Bertz CT molecular complexity index is 356. The molecule has 1 aliphatic carbocycles. The molecular formula is C14H25N3O. The smallest absolute Gasteiger partial charge is 0.243 e. The van der Waals surface area contributed by atoms with Gasteiger partial charge in [-0.05, 0) is 38.0 Å². The fraction of sp³-hybridized carbons (Fsp3) is 0.857. The molecule has 0 unspecified atom stereocenters. The van der Waals surface area contributed by atoms with Gasteiger partial charge in [0.2, 0.25) is 5.89 Å². The van der Waals surface area contributed by atoms with Crippen LogP contribution in [0.4, 0.5) is 0 Å². The van der Waals surface area contributed by atoms with Gasteiger partial charge in [-0.2, -0.15) is 4.98 Å². The summed E-state index contributed by atoms with van der Waals surface area (Å²) in [4.78, 5) is 4.50. The summed E-state index contributed by atoms with van der Waals surface area (Å²) in [5.74, 6) is 2.88. The first kappa shape index (κ1) is 13.5. The largest absolute Gasteiger partial charge is 0.338 e. The third-order valence-electron chi connectivity index (χ3n) is 4.16. The number of hydrogen-bond donors (Lipinski definition) is 1. The second-order valence-electron chi connectivity index (χ2n) is 5.51. The van der Waals surface area contributed by atoms with Gasteiger partial charge < -0.3 is 10.3 Å². The molecule has 4 heteroatoms. The molecule has 0 bridgehead atoms. The monoisotopic (exact) mass is 251 g/mol. The zero-order chi connectivity index (χ0) is 13.0. The van der Waals surface area contributed by atoms with E-state index >= 15 is 0 Å². The maximum Gasteiger partial charge on any atom is 0.243 e. The highest BCUT2D eigenvalue weighted by atomic mass is 16.5. The Hall–Kier alpha value is -0.900. The van der Waals surface area contributed by atoms with E-state index in [0.717, 1.165) is 24.6 Å². The van der Waals surface area contributed by atoms with Gasteiger partial charge in [-0.15, -0.1) is 0 Å². The van der Waals surface area contributed by atoms with Gasteiger partial charge in [0.15, 0.2) is 5.82 Å². The van der Waals surface area contributed by atoms with Crippen LogP contribution < -0.4 is 5.73 Å². The highest BCUT2D eigenvalue weighted by Gasteiger charge is 2.25. The topological polar surface area (TPSA) is 64.9 Å². The third-order valence-corrected chi connectivity index (χ3v) is 4.16. The van der Waals surface area contributed by atoms with E-state index in [1.807, 2.05) is 0 Å². The van der Waals surface area contributed by atoms with Crippen LogP contribution in [0, 0.1) is 5.92 Å². The van der Waals surface area contributed by atoms with Crippen molar-refractivity contribution >= 4 is 0 Å². The second-order valence-corrected chi connectivity index (χ2v) is 5.51. The summed E-state index contributed by atoms with van der Waals surface area (Å²) in [6.07, 6.45) is 8.23. The number of hydrogen-bond acceptors (Lipinski definition) is 4. The average molecular weight is 251 g/mol. The number of nitrogens with two attached hydrogens (primary N) is 1. The van der Waals surface area contributed by atoms with E-state index in [4.69, 9.17) is 10.3 Å². The lowest BCUT2D eigenvalue weighted by atomic mass is 9.80. The second kappa shape index (κ2) is 6.32. The first-order valence-electron chi connectivity index (χ1n) is 7.33. The fourth-order valence-corrected chi connectivity index (χ4v) is 2.83. The molecule has 0 aromatic carbocycles. The van der Waals surface area contributed by atoms with E-state index in [1.54, 1.807) is 0 Å². The third kappa shape index (κ3) is 3.10. The van der Waals surface area contributed by atoms with Crippen LogP contribution in [0.25, 0.3) is 0 Å². The van der Waals surface area contributed by atoms with Crippen molar-refractivity contribution in [1.29, 1.82) is 0 Å². The molecule has 0 saturated heterocycles. The minimum atomic E-state index is -0.0942. The molecule has 0 radical (unpaired) electrons. The van der Waals surface area contributed by atoms with Crippen molar-refractivity contribution in [2.45, 2.75) is 70.8 Å². The molecule has 1 aromatic heterocycles. The molecule has 1 aliphatic rings. The van der Waals surface area contributed by atoms with Crippen LogP contribution in [0.2, 0.25) is 0 Å². The number of rotatable bonds is 5. The molecule has 1 aromatic rings. The van der Waals surface area contributed by atoms with Gasteiger partial charge >= 0.3 is 0 Å². The summed E-state index contributed by atoms with van der Waals surface area (Å²) in [7, 11) is 0. The fourth-order valence-electron chi connectivity index (χ4n) is 2.83. The molecule has 1 saturated carbocycles. The zero-order valence-corrected chi connectivity index (χ0v) is 11.6. The average Bonchev–Trinajstić information content (AvgIpc) is 2.89. The molecule has 2 N–H and O–H groups in total. The molecule has 4 nitrogen and oxygen atoms in total. The lowest BCUT2D eigenvalue weighted by Gasteiger charge is -2.25. The van der Waals surface area contributed by atoms with Crippen molar-refractivity contribution in [3.8, 4) is 0 Å². The molecule has 0 amide bonds. The van der Waals surface area contributed by atoms with Gasteiger partial charge in [-0.3, -0.25) is 0 Å². The molecule has 2 rings (SSSR count). The predicted octanol–water partition coefficient (Wildman–Crippen LogP) is 3.55. The molecule has 0 spiro atoms. The summed E-state index contributed by atoms with van der Waals surface area (Å²) < 4.78 is 5.30. The van der Waals surface area contributed by atoms with E-state index in [9.17, 15) is 0 Å². The standard InChI is InChI=1S/C14H25N3O/c1-3-5-12(15)14-16-13(17-18-14)11-8-6-10(4-2)7-9-11/h10-12H,3-9,15H2,1-2H3/t10?,11?,12-/m1/s1. The Kier molecular flexibility index (Phi) is 4.75. The molecule has 1 atom stereocenters. The highest BCUT2D eigenvalue weighted by Crippen LogP contribution is 2.35. The van der Waals surface area contributed by atoms with Crippen molar-refractivity contribution in [3.63, 3.8) is 0 Å². The van der Waals surface area contributed by atoms with Crippen LogP contribution in [0.15, 0.2) is 4.52 Å². The first-order chi connectivity index (χ1) is 8.74.